The maximum atomic E-state index is 10.6. The first-order valence-corrected chi connectivity index (χ1v) is 6.96. The van der Waals surface area contributed by atoms with Gasteiger partial charge in [-0.1, -0.05) is 19.3 Å². The second-order valence-corrected chi connectivity index (χ2v) is 5.48. The van der Waals surface area contributed by atoms with E-state index in [1.807, 2.05) is 6.07 Å². The third kappa shape index (κ3) is 3.56. The molecule has 2 nitrogen and oxygen atoms in total. The zero-order chi connectivity index (χ0) is 12.1. The van der Waals surface area contributed by atoms with Crippen LogP contribution in [0, 0.1) is 5.92 Å². The van der Waals surface area contributed by atoms with Gasteiger partial charge in [-0.05, 0) is 52.9 Å². The van der Waals surface area contributed by atoms with Crippen LogP contribution in [0.2, 0.25) is 0 Å². The maximum Gasteiger partial charge on any atom is 0.150 e. The molecule has 92 valence electrons. The van der Waals surface area contributed by atoms with Crippen LogP contribution in [0.25, 0.3) is 0 Å². The second kappa shape index (κ2) is 6.20. The van der Waals surface area contributed by atoms with Gasteiger partial charge >= 0.3 is 0 Å². The van der Waals surface area contributed by atoms with E-state index < -0.39 is 0 Å². The number of carbonyl (C=O) groups excluding carboxylic acids is 1. The molecule has 2 rings (SSSR count). The average Bonchev–Trinajstić information content (AvgIpc) is 2.38. The van der Waals surface area contributed by atoms with Crippen LogP contribution >= 0.6 is 15.9 Å². The predicted octanol–water partition coefficient (Wildman–Crippen LogP) is 4.22. The van der Waals surface area contributed by atoms with Gasteiger partial charge in [0.25, 0.3) is 0 Å². The fourth-order valence-corrected chi connectivity index (χ4v) is 2.78. The zero-order valence-electron chi connectivity index (χ0n) is 9.82. The van der Waals surface area contributed by atoms with Gasteiger partial charge < -0.3 is 4.74 Å². The molecule has 3 heteroatoms. The van der Waals surface area contributed by atoms with Crippen LogP contribution in [-0.2, 0) is 0 Å². The molecule has 1 aliphatic rings. The van der Waals surface area contributed by atoms with Crippen molar-refractivity contribution in [3.63, 3.8) is 0 Å². The number of carbonyl (C=O) groups is 1. The first-order valence-electron chi connectivity index (χ1n) is 6.17. The first kappa shape index (κ1) is 12.6. The highest BCUT2D eigenvalue weighted by Gasteiger charge is 2.14. The first-order chi connectivity index (χ1) is 8.29. The molecule has 17 heavy (non-hydrogen) atoms. The number of aldehydes is 1. The van der Waals surface area contributed by atoms with Crippen LogP contribution in [0.4, 0.5) is 0 Å². The van der Waals surface area contributed by atoms with Gasteiger partial charge in [0.15, 0.2) is 0 Å². The molecule has 0 N–H and O–H groups in total. The van der Waals surface area contributed by atoms with Gasteiger partial charge in [-0.3, -0.25) is 4.79 Å². The normalized spacial score (nSPS) is 16.8. The minimum absolute atomic E-state index is 0.668. The van der Waals surface area contributed by atoms with Crippen molar-refractivity contribution in [2.24, 2.45) is 5.92 Å². The fourth-order valence-electron chi connectivity index (χ4n) is 2.27. The molecule has 1 aromatic carbocycles. The molecule has 0 saturated heterocycles. The summed E-state index contributed by atoms with van der Waals surface area (Å²) in [6.07, 6.45) is 7.44. The Hall–Kier alpha value is -0.830. The summed E-state index contributed by atoms with van der Waals surface area (Å²) < 4.78 is 6.67. The molecule has 0 radical (unpaired) electrons. The van der Waals surface area contributed by atoms with E-state index >= 15 is 0 Å². The predicted molar refractivity (Wildman–Crippen MR) is 71.6 cm³/mol. The lowest BCUT2D eigenvalue weighted by atomic mass is 9.90. The van der Waals surface area contributed by atoms with Crippen LogP contribution in [0.3, 0.4) is 0 Å². The summed E-state index contributed by atoms with van der Waals surface area (Å²) in [5.41, 5.74) is 0.668. The van der Waals surface area contributed by atoms with Crippen LogP contribution in [0.5, 0.6) is 5.75 Å². The maximum absolute atomic E-state index is 10.6. The van der Waals surface area contributed by atoms with Crippen LogP contribution in [-0.4, -0.2) is 12.9 Å². The molecule has 1 aromatic rings. The number of hydrogen-bond donors (Lipinski definition) is 0. The smallest absolute Gasteiger partial charge is 0.150 e. The van der Waals surface area contributed by atoms with Gasteiger partial charge in [-0.15, -0.1) is 0 Å². The summed E-state index contributed by atoms with van der Waals surface area (Å²) in [5.74, 6) is 1.53. The molecule has 0 aromatic heterocycles. The number of halogens is 1. The molecular formula is C14H17BrO2. The highest BCUT2D eigenvalue weighted by atomic mass is 79.9. The number of benzene rings is 1. The molecule has 1 saturated carbocycles. The van der Waals surface area contributed by atoms with E-state index in [9.17, 15) is 4.79 Å². The summed E-state index contributed by atoms with van der Waals surface area (Å²) in [4.78, 5) is 10.6. The minimum Gasteiger partial charge on any atom is -0.492 e. The van der Waals surface area contributed by atoms with E-state index in [1.54, 1.807) is 12.1 Å². The van der Waals surface area contributed by atoms with Crippen molar-refractivity contribution in [2.75, 3.05) is 6.61 Å². The van der Waals surface area contributed by atoms with Crippen molar-refractivity contribution in [2.45, 2.75) is 32.1 Å². The van der Waals surface area contributed by atoms with Gasteiger partial charge in [0.1, 0.15) is 12.0 Å². The van der Waals surface area contributed by atoms with Gasteiger partial charge in [0, 0.05) is 5.56 Å². The standard InChI is InChI=1S/C14H17BrO2/c15-13-8-12(9-16)6-7-14(13)17-10-11-4-2-1-3-5-11/h6-9,11H,1-5,10H2. The average molecular weight is 297 g/mol. The van der Waals surface area contributed by atoms with Crippen molar-refractivity contribution in [1.82, 2.24) is 0 Å². The number of ether oxygens (including phenoxy) is 1. The van der Waals surface area contributed by atoms with Crippen LogP contribution in [0.15, 0.2) is 22.7 Å². The quantitative estimate of drug-likeness (QED) is 0.778. The molecule has 0 unspecified atom stereocenters. The Morgan fingerprint density at radius 1 is 1.29 bits per heavy atom. The molecule has 0 heterocycles. The van der Waals surface area contributed by atoms with Crippen molar-refractivity contribution < 1.29 is 9.53 Å². The van der Waals surface area contributed by atoms with Crippen molar-refractivity contribution in [3.05, 3.63) is 28.2 Å². The fraction of sp³-hybridized carbons (Fsp3) is 0.500. The van der Waals surface area contributed by atoms with Crippen molar-refractivity contribution >= 4 is 22.2 Å². The topological polar surface area (TPSA) is 26.3 Å². The SMILES string of the molecule is O=Cc1ccc(OCC2CCCCC2)c(Br)c1. The third-order valence-corrected chi connectivity index (χ3v) is 3.91. The molecule has 1 aliphatic carbocycles. The monoisotopic (exact) mass is 296 g/mol. The lowest BCUT2D eigenvalue weighted by Crippen LogP contribution is -2.15. The van der Waals surface area contributed by atoms with E-state index in [-0.39, 0.29) is 0 Å². The van der Waals surface area contributed by atoms with E-state index in [0.29, 0.717) is 11.5 Å². The van der Waals surface area contributed by atoms with Gasteiger partial charge in [-0.2, -0.15) is 0 Å². The lowest BCUT2D eigenvalue weighted by molar-refractivity contribution is 0.112. The van der Waals surface area contributed by atoms with Crippen molar-refractivity contribution in [1.29, 1.82) is 0 Å². The second-order valence-electron chi connectivity index (χ2n) is 4.62. The third-order valence-electron chi connectivity index (χ3n) is 3.29. The summed E-state index contributed by atoms with van der Waals surface area (Å²) in [5, 5.41) is 0. The largest absolute Gasteiger partial charge is 0.492 e. The molecule has 0 spiro atoms. The minimum atomic E-state index is 0.668. The van der Waals surface area contributed by atoms with Gasteiger partial charge in [0.2, 0.25) is 0 Å². The highest BCUT2D eigenvalue weighted by Crippen LogP contribution is 2.28. The van der Waals surface area contributed by atoms with E-state index in [1.165, 1.54) is 32.1 Å². The van der Waals surface area contributed by atoms with Crippen LogP contribution in [0.1, 0.15) is 42.5 Å². The molecule has 0 bridgehead atoms. The summed E-state index contributed by atoms with van der Waals surface area (Å²) in [6, 6.07) is 5.44. The van der Waals surface area contributed by atoms with E-state index in [4.69, 9.17) is 4.74 Å². The van der Waals surface area contributed by atoms with Gasteiger partial charge in [0.05, 0.1) is 11.1 Å². The van der Waals surface area contributed by atoms with Gasteiger partial charge in [-0.25, -0.2) is 0 Å². The Morgan fingerprint density at radius 3 is 2.71 bits per heavy atom. The lowest BCUT2D eigenvalue weighted by Gasteiger charge is -2.22. The molecule has 1 fully saturated rings. The number of hydrogen-bond acceptors (Lipinski definition) is 2. The summed E-state index contributed by atoms with van der Waals surface area (Å²) in [6.45, 7) is 0.791. The zero-order valence-corrected chi connectivity index (χ0v) is 11.4. The Morgan fingerprint density at radius 2 is 2.06 bits per heavy atom. The Labute approximate surface area is 110 Å². The Balaban J connectivity index is 1.91. The Kier molecular flexibility index (Phi) is 4.60. The van der Waals surface area contributed by atoms with E-state index in [2.05, 4.69) is 15.9 Å². The molecule has 0 amide bonds. The van der Waals surface area contributed by atoms with Crippen LogP contribution < -0.4 is 4.74 Å². The number of rotatable bonds is 4. The molecular weight excluding hydrogens is 280 g/mol. The molecule has 0 atom stereocenters. The summed E-state index contributed by atoms with van der Waals surface area (Å²) >= 11 is 3.43. The summed E-state index contributed by atoms with van der Waals surface area (Å²) in [7, 11) is 0. The van der Waals surface area contributed by atoms with Crippen molar-refractivity contribution in [3.8, 4) is 5.75 Å². The molecule has 0 aliphatic heterocycles. The Bertz CT molecular complexity index is 384. The highest BCUT2D eigenvalue weighted by molar-refractivity contribution is 9.10. The van der Waals surface area contributed by atoms with E-state index in [0.717, 1.165) is 23.1 Å².